The lowest BCUT2D eigenvalue weighted by Gasteiger charge is -2.31. The third-order valence-corrected chi connectivity index (χ3v) is 5.57. The molecule has 2 bridgehead atoms. The number of halogens is 1. The maximum absolute atomic E-state index is 14.5. The van der Waals surface area contributed by atoms with Crippen LogP contribution in [0.25, 0.3) is 10.5 Å². The molecule has 0 fully saturated rings. The number of carbonyl (C=O) groups is 1. The highest BCUT2D eigenvalue weighted by Gasteiger charge is 2.26. The number of nitrogen functional groups attached to an aromatic ring is 1. The Morgan fingerprint density at radius 2 is 2.16 bits per heavy atom. The maximum atomic E-state index is 14.5. The summed E-state index contributed by atoms with van der Waals surface area (Å²) in [6.45, 7) is 12.2. The van der Waals surface area contributed by atoms with Crippen LogP contribution in [-0.2, 0) is 11.3 Å². The van der Waals surface area contributed by atoms with E-state index in [-0.39, 0.29) is 41.9 Å². The standard InChI is InChI=1S/C21H22FN7O2/c1-5-28-10-13-15(7-6-14(22)18(13)24-3)27(4)12(2)11-31-21(30)17-19(23)26-29-9-8-16(28)25-20(17)29/h6-9,12H,5,10-11H2,1-2,4H3,(H2,23,26)/t12-/m0/s1. The van der Waals surface area contributed by atoms with Gasteiger partial charge in [0.05, 0.1) is 12.6 Å². The number of likely N-dealkylation sites (N-methyl/N-ethyl adjacent to an activating group) is 1. The van der Waals surface area contributed by atoms with E-state index in [1.165, 1.54) is 10.6 Å². The summed E-state index contributed by atoms with van der Waals surface area (Å²) in [4.78, 5) is 24.6. The van der Waals surface area contributed by atoms with Crippen LogP contribution in [0.2, 0.25) is 0 Å². The molecule has 1 aliphatic heterocycles. The Kier molecular flexibility index (Phi) is 5.10. The van der Waals surface area contributed by atoms with Crippen LogP contribution < -0.4 is 15.5 Å². The first-order valence-electron chi connectivity index (χ1n) is 9.84. The van der Waals surface area contributed by atoms with E-state index in [4.69, 9.17) is 17.0 Å². The van der Waals surface area contributed by atoms with Gasteiger partial charge in [-0.2, -0.15) is 0 Å². The molecule has 0 saturated heterocycles. The van der Waals surface area contributed by atoms with Gasteiger partial charge in [-0.25, -0.2) is 23.5 Å². The fourth-order valence-corrected chi connectivity index (χ4v) is 3.68. The zero-order valence-corrected chi connectivity index (χ0v) is 17.5. The van der Waals surface area contributed by atoms with E-state index in [1.807, 2.05) is 30.7 Å². The number of aromatic nitrogens is 3. The smallest absolute Gasteiger partial charge is 0.345 e. The molecule has 0 saturated carbocycles. The third kappa shape index (κ3) is 3.38. The molecule has 0 spiro atoms. The van der Waals surface area contributed by atoms with Crippen molar-refractivity contribution in [2.75, 3.05) is 35.7 Å². The normalized spacial score (nSPS) is 16.9. The largest absolute Gasteiger partial charge is 0.460 e. The van der Waals surface area contributed by atoms with Gasteiger partial charge in [0.15, 0.2) is 11.5 Å². The number of nitrogens with zero attached hydrogens (tertiary/aromatic N) is 6. The molecular weight excluding hydrogens is 401 g/mol. The van der Waals surface area contributed by atoms with Crippen LogP contribution in [0, 0.1) is 12.4 Å². The number of nitrogens with two attached hydrogens (primary N) is 1. The topological polar surface area (TPSA) is 93.3 Å². The molecule has 0 amide bonds. The Morgan fingerprint density at radius 3 is 2.87 bits per heavy atom. The summed E-state index contributed by atoms with van der Waals surface area (Å²) >= 11 is 0. The van der Waals surface area contributed by atoms with Gasteiger partial charge in [0.1, 0.15) is 23.8 Å². The average molecular weight is 423 g/mol. The second kappa shape index (κ2) is 7.75. The fraction of sp³-hybridized carbons (Fsp3) is 0.333. The number of benzene rings is 1. The summed E-state index contributed by atoms with van der Waals surface area (Å²) in [6, 6.07) is 4.43. The van der Waals surface area contributed by atoms with Crippen LogP contribution in [0.3, 0.4) is 0 Å². The predicted molar refractivity (Wildman–Crippen MR) is 115 cm³/mol. The number of anilines is 3. The van der Waals surface area contributed by atoms with Gasteiger partial charge in [-0.1, -0.05) is 0 Å². The molecule has 10 heteroatoms. The average Bonchev–Trinajstić information content (AvgIpc) is 3.09. The van der Waals surface area contributed by atoms with Crippen LogP contribution in [0.1, 0.15) is 29.8 Å². The van der Waals surface area contributed by atoms with Gasteiger partial charge < -0.3 is 20.3 Å². The van der Waals surface area contributed by atoms with E-state index >= 15 is 0 Å². The number of hydrogen-bond donors (Lipinski definition) is 1. The number of hydrogen-bond acceptors (Lipinski definition) is 7. The van der Waals surface area contributed by atoms with Crippen LogP contribution in [-0.4, -0.2) is 46.8 Å². The van der Waals surface area contributed by atoms with Crippen molar-refractivity contribution in [2.45, 2.75) is 26.4 Å². The summed E-state index contributed by atoms with van der Waals surface area (Å²) in [5.41, 5.74) is 7.57. The minimum Gasteiger partial charge on any atom is -0.460 e. The van der Waals surface area contributed by atoms with Crippen LogP contribution in [0.15, 0.2) is 24.4 Å². The molecule has 9 nitrogen and oxygen atoms in total. The highest BCUT2D eigenvalue weighted by Crippen LogP contribution is 2.35. The first-order valence-corrected chi connectivity index (χ1v) is 9.84. The lowest BCUT2D eigenvalue weighted by atomic mass is 10.1. The van der Waals surface area contributed by atoms with Gasteiger partial charge in [0.2, 0.25) is 5.69 Å². The summed E-state index contributed by atoms with van der Waals surface area (Å²) in [5, 5.41) is 4.15. The molecule has 0 aliphatic carbocycles. The van der Waals surface area contributed by atoms with Gasteiger partial charge >= 0.3 is 5.97 Å². The van der Waals surface area contributed by atoms with E-state index < -0.39 is 11.8 Å². The van der Waals surface area contributed by atoms with Crippen molar-refractivity contribution in [2.24, 2.45) is 0 Å². The predicted octanol–water partition coefficient (Wildman–Crippen LogP) is 3.02. The SMILES string of the molecule is [C-]#[N+]c1c(F)ccc2c1CN(CC)c1ccn3nc(N)c(c3n1)C(=O)OC[C@H](C)N2C. The van der Waals surface area contributed by atoms with E-state index in [1.54, 1.807) is 18.3 Å². The zero-order chi connectivity index (χ0) is 22.3. The van der Waals surface area contributed by atoms with Crippen molar-refractivity contribution < 1.29 is 13.9 Å². The van der Waals surface area contributed by atoms with E-state index in [2.05, 4.69) is 14.9 Å². The number of carbonyl (C=O) groups excluding carboxylic acids is 1. The van der Waals surface area contributed by atoms with Crippen LogP contribution in [0.5, 0.6) is 0 Å². The molecule has 3 aromatic rings. The lowest BCUT2D eigenvalue weighted by molar-refractivity contribution is 0.0489. The number of esters is 1. The van der Waals surface area contributed by atoms with Gasteiger partial charge in [-0.3, -0.25) is 0 Å². The van der Waals surface area contributed by atoms with Crippen molar-refractivity contribution in [1.29, 1.82) is 0 Å². The fourth-order valence-electron chi connectivity index (χ4n) is 3.68. The lowest BCUT2D eigenvalue weighted by Crippen LogP contribution is -2.35. The quantitative estimate of drug-likeness (QED) is 0.475. The summed E-state index contributed by atoms with van der Waals surface area (Å²) in [7, 11) is 1.82. The van der Waals surface area contributed by atoms with Gasteiger partial charge in [0, 0.05) is 37.6 Å². The van der Waals surface area contributed by atoms with Gasteiger partial charge in [-0.15, -0.1) is 5.10 Å². The summed E-state index contributed by atoms with van der Waals surface area (Å²) in [6.07, 6.45) is 1.66. The van der Waals surface area contributed by atoms with E-state index in [0.29, 0.717) is 23.6 Å². The summed E-state index contributed by atoms with van der Waals surface area (Å²) < 4.78 is 21.4. The second-order valence-corrected chi connectivity index (χ2v) is 7.39. The Morgan fingerprint density at radius 1 is 1.39 bits per heavy atom. The van der Waals surface area contributed by atoms with Gasteiger partial charge in [-0.05, 0) is 32.0 Å². The Labute approximate surface area is 178 Å². The molecule has 0 unspecified atom stereocenters. The van der Waals surface area contributed by atoms with Crippen molar-refractivity contribution in [3.8, 4) is 0 Å². The first kappa shape index (κ1) is 20.4. The Bertz CT molecular complexity index is 1220. The molecule has 2 N–H and O–H groups in total. The molecule has 160 valence electrons. The molecule has 2 aromatic heterocycles. The van der Waals surface area contributed by atoms with E-state index in [0.717, 1.165) is 0 Å². The monoisotopic (exact) mass is 423 g/mol. The summed E-state index contributed by atoms with van der Waals surface area (Å²) in [5.74, 6) is -0.601. The van der Waals surface area contributed by atoms with Crippen molar-refractivity contribution in [1.82, 2.24) is 14.6 Å². The molecular formula is C21H22FN7O2. The molecule has 4 rings (SSSR count). The Balaban J connectivity index is 1.95. The van der Waals surface area contributed by atoms with Crippen molar-refractivity contribution >= 4 is 34.6 Å². The van der Waals surface area contributed by atoms with Gasteiger partial charge in [0.25, 0.3) is 0 Å². The van der Waals surface area contributed by atoms with Crippen LogP contribution >= 0.6 is 0 Å². The minimum absolute atomic E-state index is 0.0303. The first-order chi connectivity index (χ1) is 14.8. The number of cyclic esters (lactones) is 1. The highest BCUT2D eigenvalue weighted by atomic mass is 19.1. The minimum atomic E-state index is -0.610. The molecule has 1 atom stereocenters. The molecule has 3 heterocycles. The number of fused-ring (bicyclic) bond motifs is 2. The highest BCUT2D eigenvalue weighted by molar-refractivity contribution is 6.00. The maximum Gasteiger partial charge on any atom is 0.345 e. The molecule has 31 heavy (non-hydrogen) atoms. The van der Waals surface area contributed by atoms with E-state index in [9.17, 15) is 9.18 Å². The second-order valence-electron chi connectivity index (χ2n) is 7.39. The Hall–Kier alpha value is -3.87. The van der Waals surface area contributed by atoms with Crippen molar-refractivity contribution in [3.63, 3.8) is 0 Å². The molecule has 1 aromatic carbocycles. The third-order valence-electron chi connectivity index (χ3n) is 5.57. The van der Waals surface area contributed by atoms with Crippen LogP contribution in [0.4, 0.5) is 27.4 Å². The molecule has 0 radical (unpaired) electrons. The zero-order valence-electron chi connectivity index (χ0n) is 17.5. The number of rotatable bonds is 1. The molecule has 1 aliphatic rings. The number of ether oxygens (including phenoxy) is 1. The van der Waals surface area contributed by atoms with Crippen molar-refractivity contribution in [3.05, 3.63) is 52.8 Å².